The van der Waals surface area contributed by atoms with E-state index < -0.39 is 0 Å². The highest BCUT2D eigenvalue weighted by atomic mass is 79.9. The van der Waals surface area contributed by atoms with E-state index in [9.17, 15) is 4.79 Å². The second-order valence-corrected chi connectivity index (χ2v) is 7.52. The van der Waals surface area contributed by atoms with Crippen molar-refractivity contribution in [3.8, 4) is 0 Å². The van der Waals surface area contributed by atoms with E-state index in [1.165, 1.54) is 19.3 Å². The van der Waals surface area contributed by atoms with Crippen LogP contribution in [0.1, 0.15) is 60.2 Å². The van der Waals surface area contributed by atoms with E-state index in [1.54, 1.807) is 0 Å². The van der Waals surface area contributed by atoms with Gasteiger partial charge in [0.15, 0.2) is 5.82 Å². The van der Waals surface area contributed by atoms with Gasteiger partial charge in [-0.15, -0.1) is 10.2 Å². The minimum atomic E-state index is 0.0517. The quantitative estimate of drug-likeness (QED) is 0.786. The number of carbonyl (C=O) groups is 1. The summed E-state index contributed by atoms with van der Waals surface area (Å²) < 4.78 is 3.20. The molecule has 126 valence electrons. The second-order valence-electron chi connectivity index (χ2n) is 6.60. The van der Waals surface area contributed by atoms with Gasteiger partial charge in [-0.2, -0.15) is 0 Å². The Bertz CT molecular complexity index is 757. The second kappa shape index (κ2) is 6.67. The van der Waals surface area contributed by atoms with Crippen molar-refractivity contribution in [2.24, 2.45) is 0 Å². The van der Waals surface area contributed by atoms with E-state index in [4.69, 9.17) is 0 Å². The van der Waals surface area contributed by atoms with Gasteiger partial charge in [0.1, 0.15) is 5.82 Å². The summed E-state index contributed by atoms with van der Waals surface area (Å²) in [5.74, 6) is 2.15. The maximum absolute atomic E-state index is 13.0. The molecule has 1 fully saturated rings. The minimum absolute atomic E-state index is 0.0517. The molecule has 6 heteroatoms. The molecule has 1 aromatic heterocycles. The van der Waals surface area contributed by atoms with Gasteiger partial charge < -0.3 is 9.47 Å². The van der Waals surface area contributed by atoms with Gasteiger partial charge in [0, 0.05) is 29.5 Å². The molecule has 0 radical (unpaired) electrons. The fourth-order valence-corrected chi connectivity index (χ4v) is 4.22. The number of halogens is 1. The Morgan fingerprint density at radius 2 is 2.04 bits per heavy atom. The number of rotatable bonds is 2. The van der Waals surface area contributed by atoms with E-state index >= 15 is 0 Å². The lowest BCUT2D eigenvalue weighted by molar-refractivity contribution is 0.0727. The highest BCUT2D eigenvalue weighted by molar-refractivity contribution is 9.10. The largest absolute Gasteiger partial charge is 0.328 e. The van der Waals surface area contributed by atoms with Crippen LogP contribution in [0.5, 0.6) is 0 Å². The van der Waals surface area contributed by atoms with Crippen LogP contribution in [0.15, 0.2) is 28.7 Å². The van der Waals surface area contributed by atoms with Crippen LogP contribution >= 0.6 is 15.9 Å². The van der Waals surface area contributed by atoms with Crippen LogP contribution in [0.4, 0.5) is 0 Å². The molecular weight excluding hydrogens is 368 g/mol. The van der Waals surface area contributed by atoms with E-state index in [2.05, 4.69) is 30.7 Å². The third kappa shape index (κ3) is 2.88. The minimum Gasteiger partial charge on any atom is -0.328 e. The Hall–Kier alpha value is -1.69. The molecule has 0 bridgehead atoms. The first-order valence-corrected chi connectivity index (χ1v) is 9.52. The average molecular weight is 389 g/mol. The van der Waals surface area contributed by atoms with Crippen molar-refractivity contribution < 1.29 is 4.79 Å². The Labute approximate surface area is 150 Å². The van der Waals surface area contributed by atoms with E-state index in [1.807, 2.05) is 29.2 Å². The first-order valence-electron chi connectivity index (χ1n) is 8.72. The van der Waals surface area contributed by atoms with Crippen molar-refractivity contribution in [3.63, 3.8) is 0 Å². The molecule has 2 aromatic rings. The SMILES string of the molecule is O=C(c1cccc(Br)c1)N1CCC[C@@H]1c1nnc2n1CCCCC2. The van der Waals surface area contributed by atoms with E-state index in [0.29, 0.717) is 0 Å². The Balaban J connectivity index is 1.64. The molecule has 0 N–H and O–H groups in total. The molecule has 3 heterocycles. The summed E-state index contributed by atoms with van der Waals surface area (Å²) in [4.78, 5) is 15.0. The smallest absolute Gasteiger partial charge is 0.254 e. The van der Waals surface area contributed by atoms with Crippen LogP contribution in [0.2, 0.25) is 0 Å². The molecule has 2 aliphatic rings. The predicted molar refractivity (Wildman–Crippen MR) is 94.7 cm³/mol. The number of fused-ring (bicyclic) bond motifs is 1. The molecule has 0 saturated carbocycles. The summed E-state index contributed by atoms with van der Waals surface area (Å²) in [6.45, 7) is 1.77. The molecule has 0 unspecified atom stereocenters. The van der Waals surface area contributed by atoms with Crippen molar-refractivity contribution in [3.05, 3.63) is 46.0 Å². The van der Waals surface area contributed by atoms with Crippen LogP contribution in [-0.4, -0.2) is 32.1 Å². The Morgan fingerprint density at radius 1 is 1.12 bits per heavy atom. The number of aromatic nitrogens is 3. The number of aryl methyl sites for hydroxylation is 1. The molecule has 5 nitrogen and oxygen atoms in total. The number of carbonyl (C=O) groups excluding carboxylic acids is 1. The number of hydrogen-bond donors (Lipinski definition) is 0. The third-order valence-electron chi connectivity index (χ3n) is 5.02. The lowest BCUT2D eigenvalue weighted by Gasteiger charge is -2.25. The molecular formula is C18H21BrN4O. The van der Waals surface area contributed by atoms with E-state index in [0.717, 1.165) is 54.0 Å². The van der Waals surface area contributed by atoms with Gasteiger partial charge in [-0.1, -0.05) is 28.4 Å². The summed E-state index contributed by atoms with van der Waals surface area (Å²) >= 11 is 3.45. The molecule has 1 amide bonds. The normalized spacial score (nSPS) is 20.7. The van der Waals surface area contributed by atoms with Crippen molar-refractivity contribution >= 4 is 21.8 Å². The maximum atomic E-state index is 13.0. The Morgan fingerprint density at radius 3 is 2.92 bits per heavy atom. The molecule has 1 aromatic carbocycles. The Kier molecular flexibility index (Phi) is 4.39. The van der Waals surface area contributed by atoms with Crippen LogP contribution in [0.25, 0.3) is 0 Å². The summed E-state index contributed by atoms with van der Waals surface area (Å²) in [5, 5.41) is 8.88. The number of likely N-dealkylation sites (tertiary alicyclic amines) is 1. The number of benzene rings is 1. The van der Waals surface area contributed by atoms with Crippen molar-refractivity contribution in [2.75, 3.05) is 6.54 Å². The highest BCUT2D eigenvalue weighted by Gasteiger charge is 2.34. The van der Waals surface area contributed by atoms with Crippen molar-refractivity contribution in [1.82, 2.24) is 19.7 Å². The number of amides is 1. The van der Waals surface area contributed by atoms with Crippen molar-refractivity contribution in [1.29, 1.82) is 0 Å². The zero-order chi connectivity index (χ0) is 16.5. The third-order valence-corrected chi connectivity index (χ3v) is 5.51. The van der Waals surface area contributed by atoms with Gasteiger partial charge in [0.05, 0.1) is 6.04 Å². The summed E-state index contributed by atoms with van der Waals surface area (Å²) in [7, 11) is 0. The van der Waals surface area contributed by atoms with Crippen LogP contribution in [0, 0.1) is 0 Å². The van der Waals surface area contributed by atoms with Gasteiger partial charge in [-0.25, -0.2) is 0 Å². The van der Waals surface area contributed by atoms with Gasteiger partial charge in [0.2, 0.25) is 0 Å². The topological polar surface area (TPSA) is 51.0 Å². The number of hydrogen-bond acceptors (Lipinski definition) is 3. The molecule has 2 aliphatic heterocycles. The fourth-order valence-electron chi connectivity index (χ4n) is 3.82. The van der Waals surface area contributed by atoms with Crippen LogP contribution in [0.3, 0.4) is 0 Å². The zero-order valence-corrected chi connectivity index (χ0v) is 15.2. The van der Waals surface area contributed by atoms with Crippen LogP contribution < -0.4 is 0 Å². The molecule has 0 aliphatic carbocycles. The lowest BCUT2D eigenvalue weighted by atomic mass is 10.1. The summed E-state index contributed by atoms with van der Waals surface area (Å²) in [5.41, 5.74) is 0.729. The van der Waals surface area contributed by atoms with Crippen molar-refractivity contribution in [2.45, 2.75) is 51.1 Å². The van der Waals surface area contributed by atoms with E-state index in [-0.39, 0.29) is 11.9 Å². The van der Waals surface area contributed by atoms with Gasteiger partial charge in [-0.3, -0.25) is 4.79 Å². The van der Waals surface area contributed by atoms with Gasteiger partial charge in [0.25, 0.3) is 5.91 Å². The highest BCUT2D eigenvalue weighted by Crippen LogP contribution is 2.33. The predicted octanol–water partition coefficient (Wildman–Crippen LogP) is 3.74. The maximum Gasteiger partial charge on any atom is 0.254 e. The first kappa shape index (κ1) is 15.8. The van der Waals surface area contributed by atoms with Gasteiger partial charge in [-0.05, 0) is 43.9 Å². The summed E-state index contributed by atoms with van der Waals surface area (Å²) in [6.07, 6.45) is 6.59. The van der Waals surface area contributed by atoms with Gasteiger partial charge >= 0.3 is 0 Å². The standard InChI is InChI=1S/C18H21BrN4O/c19-14-7-4-6-13(12-14)18(24)22-11-5-8-15(22)17-21-20-16-9-2-1-3-10-23(16)17/h4,6-7,12,15H,1-3,5,8-11H2/t15-/m1/s1. The monoisotopic (exact) mass is 388 g/mol. The molecule has 24 heavy (non-hydrogen) atoms. The molecule has 1 saturated heterocycles. The summed E-state index contributed by atoms with van der Waals surface area (Å²) in [6, 6.07) is 7.67. The molecule has 4 rings (SSSR count). The lowest BCUT2D eigenvalue weighted by Crippen LogP contribution is -2.32. The zero-order valence-electron chi connectivity index (χ0n) is 13.6. The average Bonchev–Trinajstić information content (AvgIpc) is 3.15. The molecule has 0 spiro atoms. The first-order chi connectivity index (χ1) is 11.7. The number of nitrogens with zero attached hydrogens (tertiary/aromatic N) is 4. The fraction of sp³-hybridized carbons (Fsp3) is 0.500. The molecule has 1 atom stereocenters. The van der Waals surface area contributed by atoms with Crippen LogP contribution in [-0.2, 0) is 13.0 Å².